The van der Waals surface area contributed by atoms with Crippen LogP contribution in [0, 0.1) is 0 Å². The second-order valence-corrected chi connectivity index (χ2v) is 6.29. The zero-order valence-corrected chi connectivity index (χ0v) is 12.4. The minimum Gasteiger partial charge on any atom is -0.444 e. The van der Waals surface area contributed by atoms with E-state index in [1.165, 1.54) is 16.9 Å². The Morgan fingerprint density at radius 3 is 2.84 bits per heavy atom. The standard InChI is InChI=1S/C13H17BN2O2S/c1-13(2,3)18-12(17)16-11-15-10-8(7-14)5-4-6-9(10)19-11/h4-6H,7,14H2,1-3H3,(H,15,16,17). The average Bonchev–Trinajstić information content (AvgIpc) is 2.67. The van der Waals surface area contributed by atoms with Gasteiger partial charge in [0.1, 0.15) is 13.4 Å². The summed E-state index contributed by atoms with van der Waals surface area (Å²) in [6.07, 6.45) is 0.456. The largest absolute Gasteiger partial charge is 0.444 e. The molecule has 2 aromatic rings. The summed E-state index contributed by atoms with van der Waals surface area (Å²) >= 11 is 1.46. The molecule has 0 spiro atoms. The highest BCUT2D eigenvalue weighted by molar-refractivity contribution is 7.22. The molecule has 0 unspecified atom stereocenters. The van der Waals surface area contributed by atoms with E-state index in [1.54, 1.807) is 0 Å². The van der Waals surface area contributed by atoms with Gasteiger partial charge in [-0.05, 0) is 32.4 Å². The number of rotatable bonds is 2. The predicted octanol–water partition coefficient (Wildman–Crippen LogP) is 2.78. The molecule has 1 aromatic carbocycles. The van der Waals surface area contributed by atoms with Crippen molar-refractivity contribution in [2.45, 2.75) is 32.7 Å². The van der Waals surface area contributed by atoms with Gasteiger partial charge in [0.25, 0.3) is 0 Å². The van der Waals surface area contributed by atoms with Gasteiger partial charge in [-0.15, -0.1) is 0 Å². The van der Waals surface area contributed by atoms with Gasteiger partial charge in [0, 0.05) is 0 Å². The minimum atomic E-state index is -0.505. The minimum absolute atomic E-state index is 0.468. The third kappa shape index (κ3) is 3.47. The first kappa shape index (κ1) is 13.9. The Hall–Kier alpha value is -1.56. The van der Waals surface area contributed by atoms with Crippen LogP contribution in [0.25, 0.3) is 10.2 Å². The molecule has 0 aliphatic heterocycles. The molecule has 0 radical (unpaired) electrons. The van der Waals surface area contributed by atoms with Gasteiger partial charge >= 0.3 is 6.09 Å². The molecule has 0 aliphatic carbocycles. The van der Waals surface area contributed by atoms with Crippen LogP contribution in [-0.2, 0) is 11.1 Å². The zero-order chi connectivity index (χ0) is 14.0. The zero-order valence-electron chi connectivity index (χ0n) is 11.6. The van der Waals surface area contributed by atoms with Crippen molar-refractivity contribution in [3.8, 4) is 0 Å². The smallest absolute Gasteiger partial charge is 0.413 e. The van der Waals surface area contributed by atoms with Crippen molar-refractivity contribution in [1.82, 2.24) is 4.98 Å². The molecule has 2 rings (SSSR count). The van der Waals surface area contributed by atoms with Crippen LogP contribution >= 0.6 is 11.3 Å². The Labute approximate surface area is 117 Å². The van der Waals surface area contributed by atoms with Crippen LogP contribution in [0.4, 0.5) is 9.93 Å². The average molecular weight is 276 g/mol. The normalized spacial score (nSPS) is 11.5. The van der Waals surface area contributed by atoms with Crippen molar-refractivity contribution >= 4 is 40.6 Å². The number of amides is 1. The third-order valence-corrected chi connectivity index (χ3v) is 3.43. The van der Waals surface area contributed by atoms with Crippen LogP contribution in [0.5, 0.6) is 0 Å². The molecule has 100 valence electrons. The first-order valence-corrected chi connectivity index (χ1v) is 7.09. The summed E-state index contributed by atoms with van der Waals surface area (Å²) in [6, 6.07) is 6.07. The van der Waals surface area contributed by atoms with E-state index in [4.69, 9.17) is 4.74 Å². The van der Waals surface area contributed by atoms with Crippen molar-refractivity contribution in [2.24, 2.45) is 0 Å². The van der Waals surface area contributed by atoms with E-state index < -0.39 is 11.7 Å². The maximum absolute atomic E-state index is 11.7. The Kier molecular flexibility index (Phi) is 3.80. The van der Waals surface area contributed by atoms with Crippen molar-refractivity contribution in [2.75, 3.05) is 5.32 Å². The predicted molar refractivity (Wildman–Crippen MR) is 81.7 cm³/mol. The summed E-state index contributed by atoms with van der Waals surface area (Å²) in [4.78, 5) is 16.2. The van der Waals surface area contributed by atoms with Gasteiger partial charge in [-0.1, -0.05) is 29.8 Å². The van der Waals surface area contributed by atoms with Crippen LogP contribution < -0.4 is 5.32 Å². The molecule has 0 atom stereocenters. The van der Waals surface area contributed by atoms with E-state index in [9.17, 15) is 4.79 Å². The van der Waals surface area contributed by atoms with Gasteiger partial charge in [0.05, 0.1) is 10.2 Å². The molecule has 0 saturated carbocycles. The maximum Gasteiger partial charge on any atom is 0.413 e. The fourth-order valence-electron chi connectivity index (χ4n) is 1.74. The van der Waals surface area contributed by atoms with Gasteiger partial charge in [-0.25, -0.2) is 9.78 Å². The van der Waals surface area contributed by atoms with E-state index in [-0.39, 0.29) is 0 Å². The Balaban J connectivity index is 2.20. The number of carbonyl (C=O) groups is 1. The third-order valence-electron chi connectivity index (χ3n) is 2.49. The van der Waals surface area contributed by atoms with E-state index in [0.717, 1.165) is 16.5 Å². The van der Waals surface area contributed by atoms with Crippen molar-refractivity contribution < 1.29 is 9.53 Å². The van der Waals surface area contributed by atoms with Crippen molar-refractivity contribution in [3.63, 3.8) is 0 Å². The highest BCUT2D eigenvalue weighted by Gasteiger charge is 2.17. The molecule has 0 saturated heterocycles. The number of anilines is 1. The lowest BCUT2D eigenvalue weighted by atomic mass is 9.96. The molecule has 0 fully saturated rings. The van der Waals surface area contributed by atoms with Gasteiger partial charge in [0.2, 0.25) is 0 Å². The van der Waals surface area contributed by atoms with E-state index >= 15 is 0 Å². The van der Waals surface area contributed by atoms with Gasteiger partial charge in [0.15, 0.2) is 5.13 Å². The van der Waals surface area contributed by atoms with Crippen LogP contribution in [0.3, 0.4) is 0 Å². The summed E-state index contributed by atoms with van der Waals surface area (Å²) in [7, 11) is 2.09. The molecular weight excluding hydrogens is 259 g/mol. The topological polar surface area (TPSA) is 51.2 Å². The number of aromatic nitrogens is 1. The summed E-state index contributed by atoms with van der Waals surface area (Å²) in [6.45, 7) is 5.50. The first-order chi connectivity index (χ1) is 8.89. The number of nitrogens with one attached hydrogen (secondary N) is 1. The number of ether oxygens (including phenoxy) is 1. The molecule has 4 nitrogen and oxygen atoms in total. The van der Waals surface area contributed by atoms with Crippen LogP contribution in [0.15, 0.2) is 18.2 Å². The maximum atomic E-state index is 11.7. The molecule has 19 heavy (non-hydrogen) atoms. The summed E-state index contributed by atoms with van der Waals surface area (Å²) < 4.78 is 6.29. The van der Waals surface area contributed by atoms with E-state index in [1.807, 2.05) is 32.9 Å². The second-order valence-electron chi connectivity index (χ2n) is 5.26. The molecular formula is C13H17BN2O2S. The quantitative estimate of drug-likeness (QED) is 0.858. The molecule has 1 N–H and O–H groups in total. The number of nitrogens with zero attached hydrogens (tertiary/aromatic N) is 1. The van der Waals surface area contributed by atoms with Gasteiger partial charge in [-0.3, -0.25) is 5.32 Å². The fraction of sp³-hybridized carbons (Fsp3) is 0.385. The number of para-hydroxylation sites is 1. The van der Waals surface area contributed by atoms with Gasteiger partial charge < -0.3 is 4.74 Å². The van der Waals surface area contributed by atoms with Crippen molar-refractivity contribution in [3.05, 3.63) is 23.8 Å². The molecule has 1 aromatic heterocycles. The highest BCUT2D eigenvalue weighted by atomic mass is 32.1. The van der Waals surface area contributed by atoms with Crippen molar-refractivity contribution in [1.29, 1.82) is 0 Å². The Morgan fingerprint density at radius 1 is 1.47 bits per heavy atom. The highest BCUT2D eigenvalue weighted by Crippen LogP contribution is 2.28. The number of hydrogen-bond acceptors (Lipinski definition) is 4. The number of thiazole rings is 1. The second kappa shape index (κ2) is 5.21. The lowest BCUT2D eigenvalue weighted by molar-refractivity contribution is 0.0636. The van der Waals surface area contributed by atoms with Crippen LogP contribution in [-0.4, -0.2) is 24.5 Å². The fourth-order valence-corrected chi connectivity index (χ4v) is 2.63. The summed E-state index contributed by atoms with van der Waals surface area (Å²) in [5, 5.41) is 3.26. The number of benzene rings is 1. The van der Waals surface area contributed by atoms with Crippen LogP contribution in [0.1, 0.15) is 26.3 Å². The van der Waals surface area contributed by atoms with Crippen LogP contribution in [0.2, 0.25) is 0 Å². The number of fused-ring (bicyclic) bond motifs is 1. The lowest BCUT2D eigenvalue weighted by Gasteiger charge is -2.18. The Morgan fingerprint density at radius 2 is 2.21 bits per heavy atom. The number of carbonyl (C=O) groups excluding carboxylic acids is 1. The summed E-state index contributed by atoms with van der Waals surface area (Å²) in [5.41, 5.74) is 1.64. The first-order valence-electron chi connectivity index (χ1n) is 6.27. The lowest BCUT2D eigenvalue weighted by Crippen LogP contribution is -2.27. The Bertz CT molecular complexity index is 604. The number of hydrogen-bond donors (Lipinski definition) is 1. The molecule has 6 heteroatoms. The SMILES string of the molecule is BCc1cccc2sc(NC(=O)OC(C)(C)C)nc12. The summed E-state index contributed by atoms with van der Waals surface area (Å²) in [5.74, 6) is 0. The van der Waals surface area contributed by atoms with E-state index in [2.05, 4.69) is 24.2 Å². The molecule has 0 bridgehead atoms. The van der Waals surface area contributed by atoms with Gasteiger partial charge in [-0.2, -0.15) is 0 Å². The molecule has 0 aliphatic rings. The van der Waals surface area contributed by atoms with E-state index in [0.29, 0.717) is 5.13 Å². The molecule has 1 heterocycles. The monoisotopic (exact) mass is 276 g/mol. The molecule has 1 amide bonds.